The van der Waals surface area contributed by atoms with Crippen molar-refractivity contribution in [2.24, 2.45) is 0 Å². The van der Waals surface area contributed by atoms with Crippen molar-refractivity contribution < 1.29 is 9.90 Å². The van der Waals surface area contributed by atoms with E-state index in [1.54, 1.807) is 12.1 Å². The van der Waals surface area contributed by atoms with E-state index in [2.05, 4.69) is 0 Å². The molecule has 1 N–H and O–H groups in total. The molecule has 0 spiro atoms. The zero-order valence-electron chi connectivity index (χ0n) is 9.36. The van der Waals surface area contributed by atoms with E-state index < -0.39 is 5.97 Å². The SMILES string of the molecule is O=C(O)c1c(Cl)cc(Cc2ccccc2)cc1Cl. The van der Waals surface area contributed by atoms with E-state index in [0.29, 0.717) is 6.42 Å². The molecular weight excluding hydrogens is 271 g/mol. The number of hydrogen-bond donors (Lipinski definition) is 1. The van der Waals surface area contributed by atoms with E-state index >= 15 is 0 Å². The molecule has 4 heteroatoms. The van der Waals surface area contributed by atoms with Crippen LogP contribution in [0.4, 0.5) is 0 Å². The van der Waals surface area contributed by atoms with Crippen LogP contribution in [0.25, 0.3) is 0 Å². The van der Waals surface area contributed by atoms with Gasteiger partial charge in [-0.2, -0.15) is 0 Å². The maximum Gasteiger partial charge on any atom is 0.338 e. The molecule has 0 fully saturated rings. The van der Waals surface area contributed by atoms with Gasteiger partial charge >= 0.3 is 5.97 Å². The van der Waals surface area contributed by atoms with Crippen LogP contribution < -0.4 is 0 Å². The number of carboxylic acid groups (broad SMARTS) is 1. The molecular formula is C14H10Cl2O2. The molecule has 92 valence electrons. The molecule has 0 atom stereocenters. The topological polar surface area (TPSA) is 37.3 Å². The third-order valence-corrected chi connectivity index (χ3v) is 3.16. The molecule has 0 aliphatic carbocycles. The van der Waals surface area contributed by atoms with Crippen molar-refractivity contribution in [1.82, 2.24) is 0 Å². The maximum atomic E-state index is 10.9. The van der Waals surface area contributed by atoms with Crippen LogP contribution in [0.15, 0.2) is 42.5 Å². The summed E-state index contributed by atoms with van der Waals surface area (Å²) in [6, 6.07) is 13.1. The van der Waals surface area contributed by atoms with Gasteiger partial charge in [-0.15, -0.1) is 0 Å². The average molecular weight is 281 g/mol. The largest absolute Gasteiger partial charge is 0.478 e. The number of aromatic carboxylic acids is 1. The molecule has 2 nitrogen and oxygen atoms in total. The van der Waals surface area contributed by atoms with Crippen molar-refractivity contribution in [1.29, 1.82) is 0 Å². The van der Waals surface area contributed by atoms with Crippen LogP contribution in [0.5, 0.6) is 0 Å². The first-order valence-corrected chi connectivity index (χ1v) is 6.08. The first kappa shape index (κ1) is 12.9. The summed E-state index contributed by atoms with van der Waals surface area (Å²) in [6.07, 6.45) is 0.667. The summed E-state index contributed by atoms with van der Waals surface area (Å²) >= 11 is 11.9. The Balaban J connectivity index is 2.34. The fourth-order valence-corrected chi connectivity index (χ4v) is 2.46. The molecule has 0 aromatic heterocycles. The van der Waals surface area contributed by atoms with Gasteiger partial charge in [-0.3, -0.25) is 0 Å². The molecule has 2 rings (SSSR count). The maximum absolute atomic E-state index is 10.9. The van der Waals surface area contributed by atoms with E-state index in [0.717, 1.165) is 11.1 Å². The fourth-order valence-electron chi connectivity index (χ4n) is 1.76. The van der Waals surface area contributed by atoms with Crippen LogP contribution in [0, 0.1) is 0 Å². The van der Waals surface area contributed by atoms with Gasteiger partial charge in [-0.1, -0.05) is 53.5 Å². The summed E-state index contributed by atoms with van der Waals surface area (Å²) in [5.41, 5.74) is 1.96. The predicted octanol–water partition coefficient (Wildman–Crippen LogP) is 4.28. The molecule has 0 bridgehead atoms. The monoisotopic (exact) mass is 280 g/mol. The highest BCUT2D eigenvalue weighted by Gasteiger charge is 2.14. The van der Waals surface area contributed by atoms with Crippen LogP contribution in [-0.2, 0) is 6.42 Å². The zero-order chi connectivity index (χ0) is 13.1. The number of rotatable bonds is 3. The molecule has 0 amide bonds. The van der Waals surface area contributed by atoms with E-state index in [4.69, 9.17) is 28.3 Å². The third kappa shape index (κ3) is 2.84. The summed E-state index contributed by atoms with van der Waals surface area (Å²) in [5, 5.41) is 9.29. The van der Waals surface area contributed by atoms with E-state index in [9.17, 15) is 4.79 Å². The quantitative estimate of drug-likeness (QED) is 0.911. The van der Waals surface area contributed by atoms with Gasteiger partial charge in [0.2, 0.25) is 0 Å². The second kappa shape index (κ2) is 5.42. The van der Waals surface area contributed by atoms with Gasteiger partial charge in [0.25, 0.3) is 0 Å². The Bertz CT molecular complexity index is 557. The number of carboxylic acids is 1. The Morgan fingerprint density at radius 1 is 1.00 bits per heavy atom. The van der Waals surface area contributed by atoms with Crippen LogP contribution >= 0.6 is 23.2 Å². The number of halogens is 2. The van der Waals surface area contributed by atoms with Gasteiger partial charge in [0.1, 0.15) is 0 Å². The Hall–Kier alpha value is -1.51. The average Bonchev–Trinajstić information content (AvgIpc) is 2.28. The molecule has 0 heterocycles. The third-order valence-electron chi connectivity index (χ3n) is 2.57. The summed E-state index contributed by atoms with van der Waals surface area (Å²) in [5.74, 6) is -1.11. The minimum Gasteiger partial charge on any atom is -0.478 e. The summed E-state index contributed by atoms with van der Waals surface area (Å²) < 4.78 is 0. The molecule has 0 saturated carbocycles. The van der Waals surface area contributed by atoms with Crippen molar-refractivity contribution in [3.8, 4) is 0 Å². The lowest BCUT2D eigenvalue weighted by Crippen LogP contribution is -2.00. The standard InChI is InChI=1S/C14H10Cl2O2/c15-11-7-10(6-9-4-2-1-3-5-9)8-12(16)13(11)14(17)18/h1-5,7-8H,6H2,(H,17,18). The van der Waals surface area contributed by atoms with Gasteiger partial charge in [0, 0.05) is 0 Å². The lowest BCUT2D eigenvalue weighted by atomic mass is 10.0. The first-order chi connectivity index (χ1) is 8.58. The van der Waals surface area contributed by atoms with Crippen LogP contribution in [0.3, 0.4) is 0 Å². The molecule has 0 saturated heterocycles. The van der Waals surface area contributed by atoms with Crippen LogP contribution in [0.2, 0.25) is 10.0 Å². The molecule has 0 aliphatic heterocycles. The number of benzene rings is 2. The predicted molar refractivity (Wildman–Crippen MR) is 72.7 cm³/mol. The molecule has 18 heavy (non-hydrogen) atoms. The molecule has 2 aromatic rings. The van der Waals surface area contributed by atoms with Gasteiger partial charge in [0.15, 0.2) is 0 Å². The Morgan fingerprint density at radius 2 is 1.56 bits per heavy atom. The Morgan fingerprint density at radius 3 is 2.06 bits per heavy atom. The van der Waals surface area contributed by atoms with Crippen molar-refractivity contribution in [3.05, 3.63) is 69.2 Å². The normalized spacial score (nSPS) is 10.3. The minimum atomic E-state index is -1.11. The van der Waals surface area contributed by atoms with Gasteiger partial charge < -0.3 is 5.11 Å². The smallest absolute Gasteiger partial charge is 0.338 e. The first-order valence-electron chi connectivity index (χ1n) is 5.33. The van der Waals surface area contributed by atoms with Crippen molar-refractivity contribution in [2.75, 3.05) is 0 Å². The van der Waals surface area contributed by atoms with Crippen LogP contribution in [-0.4, -0.2) is 11.1 Å². The van der Waals surface area contributed by atoms with Gasteiger partial charge in [-0.05, 0) is 29.7 Å². The molecule has 0 aliphatic rings. The van der Waals surface area contributed by atoms with Gasteiger partial charge in [0.05, 0.1) is 15.6 Å². The fraction of sp³-hybridized carbons (Fsp3) is 0.0714. The Kier molecular flexibility index (Phi) is 3.90. The second-order valence-corrected chi connectivity index (χ2v) is 4.72. The second-order valence-electron chi connectivity index (χ2n) is 3.90. The van der Waals surface area contributed by atoms with Crippen LogP contribution in [0.1, 0.15) is 21.5 Å². The number of hydrogen-bond acceptors (Lipinski definition) is 1. The van der Waals surface area contributed by atoms with Crippen molar-refractivity contribution in [2.45, 2.75) is 6.42 Å². The van der Waals surface area contributed by atoms with E-state index in [-0.39, 0.29) is 15.6 Å². The lowest BCUT2D eigenvalue weighted by molar-refractivity contribution is 0.0697. The highest BCUT2D eigenvalue weighted by molar-refractivity contribution is 6.39. The summed E-state index contributed by atoms with van der Waals surface area (Å²) in [6.45, 7) is 0. The zero-order valence-corrected chi connectivity index (χ0v) is 10.9. The molecule has 0 radical (unpaired) electrons. The molecule has 0 unspecified atom stereocenters. The van der Waals surface area contributed by atoms with Crippen molar-refractivity contribution >= 4 is 29.2 Å². The van der Waals surface area contributed by atoms with Gasteiger partial charge in [-0.25, -0.2) is 4.79 Å². The van der Waals surface area contributed by atoms with E-state index in [1.807, 2.05) is 30.3 Å². The minimum absolute atomic E-state index is 0.0462. The van der Waals surface area contributed by atoms with Crippen molar-refractivity contribution in [3.63, 3.8) is 0 Å². The highest BCUT2D eigenvalue weighted by atomic mass is 35.5. The molecule has 2 aromatic carbocycles. The summed E-state index contributed by atoms with van der Waals surface area (Å²) in [4.78, 5) is 10.9. The Labute approximate surface area is 115 Å². The lowest BCUT2D eigenvalue weighted by Gasteiger charge is -2.07. The number of carbonyl (C=O) groups is 1. The summed E-state index contributed by atoms with van der Waals surface area (Å²) in [7, 11) is 0. The highest BCUT2D eigenvalue weighted by Crippen LogP contribution is 2.27. The van der Waals surface area contributed by atoms with E-state index in [1.165, 1.54) is 0 Å².